The van der Waals surface area contributed by atoms with Gasteiger partial charge in [0.05, 0.1) is 24.9 Å². The summed E-state index contributed by atoms with van der Waals surface area (Å²) in [6.07, 6.45) is 7.94. The topological polar surface area (TPSA) is 103 Å². The molecule has 41 heavy (non-hydrogen) atoms. The van der Waals surface area contributed by atoms with Crippen molar-refractivity contribution < 1.29 is 24.5 Å². The summed E-state index contributed by atoms with van der Waals surface area (Å²) in [5.74, 6) is 2.35. The molecule has 0 spiro atoms. The minimum Gasteiger partial charge on any atom is -0.392 e. The number of anilines is 1. The molecule has 2 aromatic rings. The number of aliphatic hydroxyl groups is 2. The number of amides is 2. The zero-order valence-electron chi connectivity index (χ0n) is 23.7. The van der Waals surface area contributed by atoms with Crippen LogP contribution in [-0.2, 0) is 16.1 Å². The van der Waals surface area contributed by atoms with Gasteiger partial charge in [-0.25, -0.2) is 4.79 Å². The van der Waals surface area contributed by atoms with E-state index in [1.54, 1.807) is 0 Å². The molecule has 2 aromatic carbocycles. The summed E-state index contributed by atoms with van der Waals surface area (Å²) < 4.78 is 12.9. The molecule has 4 bridgehead atoms. The third-order valence-corrected chi connectivity index (χ3v) is 10.2. The van der Waals surface area contributed by atoms with Crippen molar-refractivity contribution in [2.75, 3.05) is 25.0 Å². The second-order valence-electron chi connectivity index (χ2n) is 13.5. The molecule has 6 fully saturated rings. The number of aliphatic hydroxyl groups excluding tert-OH is 2. The van der Waals surface area contributed by atoms with Crippen LogP contribution in [0.2, 0.25) is 0 Å². The minimum absolute atomic E-state index is 0.0123. The molecular weight excluding hydrogens is 518 g/mol. The Morgan fingerprint density at radius 3 is 2.17 bits per heavy atom. The fourth-order valence-corrected chi connectivity index (χ4v) is 8.69. The first-order chi connectivity index (χ1) is 19.9. The first kappa shape index (κ1) is 27.3. The van der Waals surface area contributed by atoms with Crippen molar-refractivity contribution in [3.05, 3.63) is 65.2 Å². The zero-order valence-corrected chi connectivity index (χ0v) is 23.7. The SMILES string of the molecule is O=C(Nc1ccc(C2OC(CN3CCC(O)C3)CC(c3ccc(CO)cc3)O2)cc1)NC12CC3CC(CC(C3)C1)C2. The Morgan fingerprint density at radius 1 is 0.902 bits per heavy atom. The van der Waals surface area contributed by atoms with Crippen molar-refractivity contribution >= 4 is 11.7 Å². The average Bonchev–Trinajstić information content (AvgIpc) is 3.36. The Bertz CT molecular complexity index is 1180. The van der Waals surface area contributed by atoms with Crippen LogP contribution in [0, 0.1) is 17.8 Å². The Morgan fingerprint density at radius 2 is 1.56 bits per heavy atom. The van der Waals surface area contributed by atoms with Crippen LogP contribution in [-0.4, -0.2) is 58.5 Å². The molecule has 8 rings (SSSR count). The molecule has 8 heteroatoms. The first-order valence-corrected chi connectivity index (χ1v) is 15.5. The molecule has 8 nitrogen and oxygen atoms in total. The lowest BCUT2D eigenvalue weighted by Gasteiger charge is -2.56. The monoisotopic (exact) mass is 561 g/mol. The highest BCUT2D eigenvalue weighted by Gasteiger charge is 2.51. The number of benzene rings is 2. The Balaban J connectivity index is 1.02. The number of carbonyl (C=O) groups excluding carboxylic acids is 1. The number of nitrogens with one attached hydrogen (secondary N) is 2. The standard InChI is InChI=1S/C33H43N3O5/c37-20-21-1-3-25(4-2-21)30-14-29(19-36-10-9-28(38)18-36)40-31(41-30)26-5-7-27(8-6-26)34-32(39)35-33-15-22-11-23(16-33)13-24(12-22)17-33/h1-8,22-24,28-31,37-38H,9-20H2,(H2,34,35,39). The molecule has 0 radical (unpaired) electrons. The fourth-order valence-electron chi connectivity index (χ4n) is 8.69. The van der Waals surface area contributed by atoms with Gasteiger partial charge in [-0.2, -0.15) is 0 Å². The zero-order chi connectivity index (χ0) is 28.0. The van der Waals surface area contributed by atoms with Crippen LogP contribution in [0.4, 0.5) is 10.5 Å². The largest absolute Gasteiger partial charge is 0.392 e. The van der Waals surface area contributed by atoms with Gasteiger partial charge < -0.3 is 30.3 Å². The van der Waals surface area contributed by atoms with Crippen molar-refractivity contribution in [1.82, 2.24) is 10.2 Å². The van der Waals surface area contributed by atoms with Gasteiger partial charge in [0.25, 0.3) is 0 Å². The quantitative estimate of drug-likeness (QED) is 0.384. The van der Waals surface area contributed by atoms with Crippen LogP contribution in [0.25, 0.3) is 0 Å². The van der Waals surface area contributed by atoms with E-state index in [1.165, 1.54) is 19.3 Å². The smallest absolute Gasteiger partial charge is 0.319 e. The molecule has 220 valence electrons. The molecule has 6 aliphatic rings. The highest BCUT2D eigenvalue weighted by Crippen LogP contribution is 2.55. The maximum absolute atomic E-state index is 13.1. The van der Waals surface area contributed by atoms with E-state index in [0.29, 0.717) is 13.0 Å². The van der Waals surface area contributed by atoms with E-state index in [1.807, 2.05) is 48.5 Å². The normalized spacial score (nSPS) is 36.4. The maximum Gasteiger partial charge on any atom is 0.319 e. The number of nitrogens with zero attached hydrogens (tertiary/aromatic N) is 1. The number of hydrogen-bond acceptors (Lipinski definition) is 6. The van der Waals surface area contributed by atoms with E-state index in [4.69, 9.17) is 9.47 Å². The molecule has 4 aliphatic carbocycles. The number of hydrogen-bond donors (Lipinski definition) is 4. The lowest BCUT2D eigenvalue weighted by molar-refractivity contribution is -0.252. The molecule has 4 unspecified atom stereocenters. The van der Waals surface area contributed by atoms with Gasteiger partial charge in [-0.05, 0) is 86.0 Å². The predicted molar refractivity (Wildman–Crippen MR) is 155 cm³/mol. The number of carbonyl (C=O) groups is 1. The lowest BCUT2D eigenvalue weighted by atomic mass is 9.53. The van der Waals surface area contributed by atoms with E-state index >= 15 is 0 Å². The molecule has 4 saturated carbocycles. The highest BCUT2D eigenvalue weighted by atomic mass is 16.7. The van der Waals surface area contributed by atoms with Crippen molar-refractivity contribution in [3.8, 4) is 0 Å². The van der Waals surface area contributed by atoms with Gasteiger partial charge in [-0.15, -0.1) is 0 Å². The van der Waals surface area contributed by atoms with Gasteiger partial charge in [-0.3, -0.25) is 4.90 Å². The summed E-state index contributed by atoms with van der Waals surface area (Å²) >= 11 is 0. The van der Waals surface area contributed by atoms with Crippen LogP contribution < -0.4 is 10.6 Å². The molecule has 2 aliphatic heterocycles. The van der Waals surface area contributed by atoms with Crippen molar-refractivity contribution in [1.29, 1.82) is 0 Å². The Kier molecular flexibility index (Phi) is 7.54. The molecule has 0 aromatic heterocycles. The first-order valence-electron chi connectivity index (χ1n) is 15.5. The highest BCUT2D eigenvalue weighted by molar-refractivity contribution is 5.89. The average molecular weight is 562 g/mol. The van der Waals surface area contributed by atoms with E-state index in [2.05, 4.69) is 15.5 Å². The van der Waals surface area contributed by atoms with Crippen LogP contribution in [0.3, 0.4) is 0 Å². The van der Waals surface area contributed by atoms with Gasteiger partial charge >= 0.3 is 6.03 Å². The summed E-state index contributed by atoms with van der Waals surface area (Å²) in [7, 11) is 0. The minimum atomic E-state index is -0.543. The molecule has 4 atom stereocenters. The summed E-state index contributed by atoms with van der Waals surface area (Å²) in [6.45, 7) is 2.30. The van der Waals surface area contributed by atoms with E-state index in [9.17, 15) is 15.0 Å². The van der Waals surface area contributed by atoms with Crippen molar-refractivity contribution in [2.45, 2.75) is 88.1 Å². The predicted octanol–water partition coefficient (Wildman–Crippen LogP) is 4.88. The van der Waals surface area contributed by atoms with Gasteiger partial charge in [0, 0.05) is 42.8 Å². The van der Waals surface area contributed by atoms with Gasteiger partial charge in [0.15, 0.2) is 6.29 Å². The Labute approximate surface area is 242 Å². The van der Waals surface area contributed by atoms with Crippen LogP contribution in [0.15, 0.2) is 48.5 Å². The maximum atomic E-state index is 13.1. The van der Waals surface area contributed by atoms with Crippen molar-refractivity contribution in [3.63, 3.8) is 0 Å². The van der Waals surface area contributed by atoms with E-state index in [-0.39, 0.29) is 36.5 Å². The molecule has 2 saturated heterocycles. The fraction of sp³-hybridized carbons (Fsp3) is 0.606. The number of β-amino-alcohol motifs (C(OH)–C–C–N with tert-alkyl or cyclic N) is 1. The van der Waals surface area contributed by atoms with Crippen LogP contribution in [0.1, 0.15) is 80.5 Å². The summed E-state index contributed by atoms with van der Waals surface area (Å²) in [4.78, 5) is 15.3. The molecular formula is C33H43N3O5. The molecule has 2 heterocycles. The number of ether oxygens (including phenoxy) is 2. The Hall–Kier alpha value is -2.49. The van der Waals surface area contributed by atoms with Crippen LogP contribution >= 0.6 is 0 Å². The third kappa shape index (κ3) is 6.04. The number of likely N-dealkylation sites (tertiary alicyclic amines) is 1. The van der Waals surface area contributed by atoms with Crippen LogP contribution in [0.5, 0.6) is 0 Å². The molecule has 4 N–H and O–H groups in total. The lowest BCUT2D eigenvalue weighted by Crippen LogP contribution is -2.60. The van der Waals surface area contributed by atoms with Gasteiger partial charge in [0.2, 0.25) is 0 Å². The molecule has 2 amide bonds. The second kappa shape index (κ2) is 11.3. The number of urea groups is 1. The second-order valence-corrected chi connectivity index (χ2v) is 13.5. The summed E-state index contributed by atoms with van der Waals surface area (Å²) in [6, 6.07) is 15.6. The summed E-state index contributed by atoms with van der Waals surface area (Å²) in [5, 5.41) is 25.9. The van der Waals surface area contributed by atoms with Gasteiger partial charge in [0.1, 0.15) is 0 Å². The van der Waals surface area contributed by atoms with Crippen molar-refractivity contribution in [2.24, 2.45) is 17.8 Å². The number of rotatable bonds is 7. The summed E-state index contributed by atoms with van der Waals surface area (Å²) in [5.41, 5.74) is 3.57. The third-order valence-electron chi connectivity index (χ3n) is 10.2. The van der Waals surface area contributed by atoms with Gasteiger partial charge in [-0.1, -0.05) is 36.4 Å². The van der Waals surface area contributed by atoms with E-state index < -0.39 is 6.29 Å². The van der Waals surface area contributed by atoms with E-state index in [0.717, 1.165) is 78.9 Å².